The second kappa shape index (κ2) is 12.7. The summed E-state index contributed by atoms with van der Waals surface area (Å²) in [6.45, 7) is 2.59. The van der Waals surface area contributed by atoms with Gasteiger partial charge in [-0.15, -0.1) is 0 Å². The van der Waals surface area contributed by atoms with Crippen molar-refractivity contribution < 1.29 is 27.5 Å². The van der Waals surface area contributed by atoms with Crippen LogP contribution >= 0.6 is 0 Å². The van der Waals surface area contributed by atoms with E-state index in [2.05, 4.69) is 4.98 Å². The van der Waals surface area contributed by atoms with E-state index in [1.54, 1.807) is 29.2 Å². The molecule has 40 heavy (non-hydrogen) atoms. The SMILES string of the molecule is CCCN(CC(=O)N(CCc1c[nH]c2ccccc12)Cc1ccc(C(F)(F)F)cc1)C(=O)c1cccc(OC)c1. The van der Waals surface area contributed by atoms with Crippen LogP contribution < -0.4 is 4.74 Å². The molecular formula is C31H32F3N3O3. The third-order valence-electron chi connectivity index (χ3n) is 6.76. The van der Waals surface area contributed by atoms with Gasteiger partial charge in [0.2, 0.25) is 5.91 Å². The standard InChI is InChI=1S/C31H32F3N3O3/c1-3-16-37(30(39)23-7-6-8-26(18-23)40-2)21-29(38)36(20-22-11-13-25(14-12-22)31(32,33)34)17-15-24-19-35-28-10-5-4-9-27(24)28/h4-14,18-19,35H,3,15-17,20-21H2,1-2H3. The first kappa shape index (κ1) is 28.7. The molecule has 0 radical (unpaired) electrons. The number of hydrogen-bond acceptors (Lipinski definition) is 3. The number of fused-ring (bicyclic) bond motifs is 1. The van der Waals surface area contributed by atoms with E-state index in [1.807, 2.05) is 37.4 Å². The van der Waals surface area contributed by atoms with Crippen LogP contribution in [0.5, 0.6) is 5.75 Å². The van der Waals surface area contributed by atoms with Crippen LogP contribution in [-0.2, 0) is 23.9 Å². The molecule has 210 valence electrons. The molecule has 0 fully saturated rings. The quantitative estimate of drug-likeness (QED) is 0.237. The Kier molecular flexibility index (Phi) is 9.14. The summed E-state index contributed by atoms with van der Waals surface area (Å²) in [5, 5.41) is 1.05. The Balaban J connectivity index is 1.56. The summed E-state index contributed by atoms with van der Waals surface area (Å²) in [6, 6.07) is 19.4. The highest BCUT2D eigenvalue weighted by Gasteiger charge is 2.30. The second-order valence-electron chi connectivity index (χ2n) is 9.58. The third kappa shape index (κ3) is 7.02. The van der Waals surface area contributed by atoms with Gasteiger partial charge in [0.15, 0.2) is 0 Å². The average Bonchev–Trinajstić information content (AvgIpc) is 3.37. The number of carbonyl (C=O) groups excluding carboxylic acids is 2. The van der Waals surface area contributed by atoms with Gasteiger partial charge in [0.1, 0.15) is 12.3 Å². The summed E-state index contributed by atoms with van der Waals surface area (Å²) in [5.41, 5.74) is 2.25. The fraction of sp³-hybridized carbons (Fsp3) is 0.290. The zero-order valence-corrected chi connectivity index (χ0v) is 22.5. The van der Waals surface area contributed by atoms with Crippen molar-refractivity contribution in [3.63, 3.8) is 0 Å². The van der Waals surface area contributed by atoms with Crippen LogP contribution in [0.1, 0.15) is 40.4 Å². The number of para-hydroxylation sites is 1. The number of benzene rings is 3. The molecule has 1 heterocycles. The van der Waals surface area contributed by atoms with Gasteiger partial charge in [0.05, 0.1) is 12.7 Å². The maximum atomic E-state index is 13.7. The number of carbonyl (C=O) groups is 2. The highest BCUT2D eigenvalue weighted by molar-refractivity contribution is 5.97. The zero-order chi connectivity index (χ0) is 28.7. The predicted octanol–water partition coefficient (Wildman–Crippen LogP) is 6.32. The molecule has 0 spiro atoms. The number of rotatable bonds is 11. The number of halogens is 3. The van der Waals surface area contributed by atoms with Crippen LogP contribution in [0.25, 0.3) is 10.9 Å². The summed E-state index contributed by atoms with van der Waals surface area (Å²) in [4.78, 5) is 33.3. The largest absolute Gasteiger partial charge is 0.497 e. The maximum absolute atomic E-state index is 13.7. The van der Waals surface area contributed by atoms with Gasteiger partial charge in [-0.25, -0.2) is 0 Å². The Morgan fingerprint density at radius 2 is 1.68 bits per heavy atom. The number of nitrogens with zero attached hydrogens (tertiary/aromatic N) is 2. The fourth-order valence-electron chi connectivity index (χ4n) is 4.63. The number of amides is 2. The lowest BCUT2D eigenvalue weighted by Crippen LogP contribution is -2.43. The lowest BCUT2D eigenvalue weighted by Gasteiger charge is -2.28. The molecule has 0 aliphatic carbocycles. The molecule has 0 aliphatic heterocycles. The molecule has 4 rings (SSSR count). The Morgan fingerprint density at radius 3 is 2.38 bits per heavy atom. The summed E-state index contributed by atoms with van der Waals surface area (Å²) in [5.74, 6) is -0.0408. The molecule has 3 aromatic carbocycles. The van der Waals surface area contributed by atoms with Crippen molar-refractivity contribution >= 4 is 22.7 Å². The number of aromatic nitrogens is 1. The normalized spacial score (nSPS) is 11.4. The smallest absolute Gasteiger partial charge is 0.416 e. The van der Waals surface area contributed by atoms with Crippen LogP contribution in [-0.4, -0.2) is 53.3 Å². The van der Waals surface area contributed by atoms with E-state index >= 15 is 0 Å². The van der Waals surface area contributed by atoms with E-state index in [1.165, 1.54) is 24.1 Å². The summed E-state index contributed by atoms with van der Waals surface area (Å²) in [6.07, 6.45) is -1.35. The van der Waals surface area contributed by atoms with E-state index < -0.39 is 11.7 Å². The monoisotopic (exact) mass is 551 g/mol. The Morgan fingerprint density at radius 1 is 0.925 bits per heavy atom. The lowest BCUT2D eigenvalue weighted by molar-refractivity contribution is -0.137. The van der Waals surface area contributed by atoms with E-state index in [0.29, 0.717) is 42.8 Å². The number of alkyl halides is 3. The Bertz CT molecular complexity index is 1450. The molecule has 6 nitrogen and oxygen atoms in total. The summed E-state index contributed by atoms with van der Waals surface area (Å²) in [7, 11) is 1.52. The number of H-pyrrole nitrogens is 1. The minimum absolute atomic E-state index is 0.118. The van der Waals surface area contributed by atoms with Crippen LogP contribution in [0.3, 0.4) is 0 Å². The maximum Gasteiger partial charge on any atom is 0.416 e. The molecule has 0 bridgehead atoms. The number of aromatic amines is 1. The van der Waals surface area contributed by atoms with Crippen molar-refractivity contribution in [2.45, 2.75) is 32.5 Å². The number of methoxy groups -OCH3 is 1. The molecule has 1 aromatic heterocycles. The summed E-state index contributed by atoms with van der Waals surface area (Å²) >= 11 is 0. The van der Waals surface area contributed by atoms with Gasteiger partial charge in [-0.3, -0.25) is 9.59 Å². The van der Waals surface area contributed by atoms with Gasteiger partial charge in [-0.1, -0.05) is 43.3 Å². The minimum atomic E-state index is -4.44. The van der Waals surface area contributed by atoms with Crippen molar-refractivity contribution in [2.24, 2.45) is 0 Å². The Hall–Kier alpha value is -4.27. The first-order valence-corrected chi connectivity index (χ1v) is 13.1. The molecule has 0 unspecified atom stereocenters. The van der Waals surface area contributed by atoms with E-state index in [0.717, 1.165) is 28.6 Å². The molecular weight excluding hydrogens is 519 g/mol. The average molecular weight is 552 g/mol. The van der Waals surface area contributed by atoms with Crippen LogP contribution in [0.15, 0.2) is 79.0 Å². The highest BCUT2D eigenvalue weighted by Crippen LogP contribution is 2.29. The molecule has 0 atom stereocenters. The lowest BCUT2D eigenvalue weighted by atomic mass is 10.1. The highest BCUT2D eigenvalue weighted by atomic mass is 19.4. The molecule has 1 N–H and O–H groups in total. The van der Waals surface area contributed by atoms with Crippen molar-refractivity contribution in [3.05, 3.63) is 101 Å². The van der Waals surface area contributed by atoms with Gasteiger partial charge in [-0.05, 0) is 60.4 Å². The van der Waals surface area contributed by atoms with Crippen molar-refractivity contribution in [2.75, 3.05) is 26.7 Å². The third-order valence-corrected chi connectivity index (χ3v) is 6.76. The molecule has 0 saturated heterocycles. The fourth-order valence-corrected chi connectivity index (χ4v) is 4.63. The molecule has 9 heteroatoms. The van der Waals surface area contributed by atoms with Crippen molar-refractivity contribution in [1.82, 2.24) is 14.8 Å². The first-order valence-electron chi connectivity index (χ1n) is 13.1. The van der Waals surface area contributed by atoms with E-state index in [-0.39, 0.29) is 24.9 Å². The number of nitrogens with one attached hydrogen (secondary N) is 1. The number of hydrogen-bond donors (Lipinski definition) is 1. The number of ether oxygens (including phenoxy) is 1. The van der Waals surface area contributed by atoms with Crippen LogP contribution in [0.2, 0.25) is 0 Å². The minimum Gasteiger partial charge on any atom is -0.497 e. The molecule has 2 amide bonds. The van der Waals surface area contributed by atoms with Gasteiger partial charge in [-0.2, -0.15) is 13.2 Å². The van der Waals surface area contributed by atoms with Gasteiger partial charge < -0.3 is 19.5 Å². The Labute approximate surface area is 231 Å². The van der Waals surface area contributed by atoms with E-state index in [4.69, 9.17) is 4.74 Å². The van der Waals surface area contributed by atoms with Crippen LogP contribution in [0, 0.1) is 0 Å². The predicted molar refractivity (Wildman–Crippen MR) is 148 cm³/mol. The van der Waals surface area contributed by atoms with Crippen molar-refractivity contribution in [1.29, 1.82) is 0 Å². The van der Waals surface area contributed by atoms with Gasteiger partial charge in [0, 0.05) is 42.3 Å². The molecule has 4 aromatic rings. The zero-order valence-electron chi connectivity index (χ0n) is 22.5. The topological polar surface area (TPSA) is 65.6 Å². The second-order valence-corrected chi connectivity index (χ2v) is 9.58. The van der Waals surface area contributed by atoms with E-state index in [9.17, 15) is 22.8 Å². The van der Waals surface area contributed by atoms with Gasteiger partial charge in [0.25, 0.3) is 5.91 Å². The molecule has 0 saturated carbocycles. The summed E-state index contributed by atoms with van der Waals surface area (Å²) < 4.78 is 44.5. The first-order chi connectivity index (χ1) is 19.2. The van der Waals surface area contributed by atoms with Gasteiger partial charge >= 0.3 is 6.18 Å². The van der Waals surface area contributed by atoms with Crippen LogP contribution in [0.4, 0.5) is 13.2 Å². The van der Waals surface area contributed by atoms with Crippen molar-refractivity contribution in [3.8, 4) is 5.75 Å². The molecule has 0 aliphatic rings.